The Labute approximate surface area is 144 Å². The van der Waals surface area contributed by atoms with Crippen LogP contribution >= 0.6 is 11.3 Å². The molecule has 0 saturated carbocycles. The van der Waals surface area contributed by atoms with E-state index in [0.717, 1.165) is 42.3 Å². The van der Waals surface area contributed by atoms with Gasteiger partial charge in [0, 0.05) is 44.6 Å². The highest BCUT2D eigenvalue weighted by molar-refractivity contribution is 7.16. The summed E-state index contributed by atoms with van der Waals surface area (Å²) in [5.74, 6) is 1.17. The first kappa shape index (κ1) is 15.2. The van der Waals surface area contributed by atoms with Crippen molar-refractivity contribution in [2.24, 2.45) is 0 Å². The van der Waals surface area contributed by atoms with Crippen LogP contribution in [0.25, 0.3) is 10.3 Å². The van der Waals surface area contributed by atoms with Gasteiger partial charge in [0.15, 0.2) is 10.6 Å². The van der Waals surface area contributed by atoms with Gasteiger partial charge in [0.25, 0.3) is 0 Å². The Balaban J connectivity index is 1.53. The highest BCUT2D eigenvalue weighted by atomic mass is 32.1. The Bertz CT molecular complexity index is 835. The number of nitrogens with two attached hydrogens (primary N) is 1. The molecule has 3 aromatic heterocycles. The summed E-state index contributed by atoms with van der Waals surface area (Å²) in [6.45, 7) is 5.96. The number of thiazole rings is 1. The number of hydrogen-bond acceptors (Lipinski definition) is 8. The van der Waals surface area contributed by atoms with Crippen LogP contribution in [0.1, 0.15) is 12.5 Å². The summed E-state index contributed by atoms with van der Waals surface area (Å²) in [7, 11) is 0. The van der Waals surface area contributed by atoms with Gasteiger partial charge in [-0.15, -0.1) is 11.3 Å². The number of nitrogens with zero attached hydrogens (tertiary/aromatic N) is 6. The first-order valence-corrected chi connectivity index (χ1v) is 8.83. The topological polar surface area (TPSA) is 84.1 Å². The molecule has 0 aromatic carbocycles. The average Bonchev–Trinajstić information content (AvgIpc) is 3.03. The summed E-state index contributed by atoms with van der Waals surface area (Å²) < 4.78 is 0. The summed E-state index contributed by atoms with van der Waals surface area (Å²) in [6.07, 6.45) is 3.74. The zero-order valence-electron chi connectivity index (χ0n) is 13.5. The van der Waals surface area contributed by atoms with Gasteiger partial charge in [-0.25, -0.2) is 9.97 Å². The maximum atomic E-state index is 5.88. The van der Waals surface area contributed by atoms with Gasteiger partial charge in [0.1, 0.15) is 5.52 Å². The molecule has 0 aliphatic carbocycles. The SMILES string of the molecule is C[C@H]1CN(Cc2cccnc2)CCN1c1nc(N)nc2scnc12. The van der Waals surface area contributed by atoms with Crippen molar-refractivity contribution in [3.63, 3.8) is 0 Å². The number of pyridine rings is 1. The predicted molar refractivity (Wildman–Crippen MR) is 95.9 cm³/mol. The van der Waals surface area contributed by atoms with Crippen LogP contribution < -0.4 is 10.6 Å². The van der Waals surface area contributed by atoms with Crippen LogP contribution in [0.3, 0.4) is 0 Å². The van der Waals surface area contributed by atoms with E-state index < -0.39 is 0 Å². The molecule has 7 nitrogen and oxygen atoms in total. The molecule has 1 aliphatic heterocycles. The van der Waals surface area contributed by atoms with Crippen LogP contribution in [0.2, 0.25) is 0 Å². The minimum atomic E-state index is 0.312. The Morgan fingerprint density at radius 2 is 2.25 bits per heavy atom. The Hall–Kier alpha value is -2.32. The number of anilines is 2. The number of aromatic nitrogens is 4. The lowest BCUT2D eigenvalue weighted by atomic mass is 10.1. The van der Waals surface area contributed by atoms with Gasteiger partial charge in [-0.2, -0.15) is 4.98 Å². The standard InChI is InChI=1S/C16H19N7S/c1-11-8-22(9-12-3-2-4-18-7-12)5-6-23(11)14-13-15(24-10-19-13)21-16(17)20-14/h2-4,7,10-11H,5-6,8-9H2,1H3,(H2,17,20,21)/t11-/m0/s1. The molecule has 0 radical (unpaired) electrons. The third-order valence-electron chi connectivity index (χ3n) is 4.31. The van der Waals surface area contributed by atoms with Gasteiger partial charge in [-0.05, 0) is 18.6 Å². The molecule has 0 amide bonds. The smallest absolute Gasteiger partial charge is 0.223 e. The fourth-order valence-corrected chi connectivity index (χ4v) is 3.86. The van der Waals surface area contributed by atoms with Crippen molar-refractivity contribution in [1.82, 2.24) is 24.8 Å². The molecular weight excluding hydrogens is 322 g/mol. The van der Waals surface area contributed by atoms with Crippen molar-refractivity contribution in [3.05, 3.63) is 35.6 Å². The summed E-state index contributed by atoms with van der Waals surface area (Å²) in [4.78, 5) is 22.9. The van der Waals surface area contributed by atoms with E-state index in [1.165, 1.54) is 16.9 Å². The van der Waals surface area contributed by atoms with Crippen molar-refractivity contribution in [2.75, 3.05) is 30.3 Å². The van der Waals surface area contributed by atoms with Gasteiger partial charge in [-0.3, -0.25) is 9.88 Å². The summed E-state index contributed by atoms with van der Waals surface area (Å²) in [5, 5.41) is 0. The van der Waals surface area contributed by atoms with E-state index in [2.05, 4.69) is 42.7 Å². The Morgan fingerprint density at radius 1 is 1.33 bits per heavy atom. The molecule has 8 heteroatoms. The maximum Gasteiger partial charge on any atom is 0.223 e. The first-order chi connectivity index (χ1) is 11.7. The monoisotopic (exact) mass is 341 g/mol. The lowest BCUT2D eigenvalue weighted by molar-refractivity contribution is 0.220. The molecule has 1 saturated heterocycles. The fraction of sp³-hybridized carbons (Fsp3) is 0.375. The molecule has 24 heavy (non-hydrogen) atoms. The summed E-state index contributed by atoms with van der Waals surface area (Å²) in [6, 6.07) is 4.43. The van der Waals surface area contributed by atoms with Crippen molar-refractivity contribution >= 4 is 33.5 Å². The number of piperazine rings is 1. The molecule has 0 unspecified atom stereocenters. The molecule has 0 spiro atoms. The summed E-state index contributed by atoms with van der Waals surface area (Å²) >= 11 is 1.50. The van der Waals surface area contributed by atoms with E-state index >= 15 is 0 Å². The van der Waals surface area contributed by atoms with Crippen molar-refractivity contribution in [1.29, 1.82) is 0 Å². The second-order valence-electron chi connectivity index (χ2n) is 6.05. The molecule has 3 aromatic rings. The Morgan fingerprint density at radius 3 is 3.04 bits per heavy atom. The molecule has 124 valence electrons. The van der Waals surface area contributed by atoms with Crippen LogP contribution in [-0.4, -0.2) is 50.5 Å². The molecule has 1 fully saturated rings. The maximum absolute atomic E-state index is 5.88. The number of fused-ring (bicyclic) bond motifs is 1. The van der Waals surface area contributed by atoms with Crippen LogP contribution in [0.5, 0.6) is 0 Å². The van der Waals surface area contributed by atoms with Gasteiger partial charge < -0.3 is 10.6 Å². The number of rotatable bonds is 3. The number of nitrogen functional groups attached to an aromatic ring is 1. The van der Waals surface area contributed by atoms with Crippen molar-refractivity contribution in [3.8, 4) is 0 Å². The van der Waals surface area contributed by atoms with Crippen LogP contribution in [0.4, 0.5) is 11.8 Å². The average molecular weight is 341 g/mol. The van der Waals surface area contributed by atoms with Crippen LogP contribution in [0, 0.1) is 0 Å². The second-order valence-corrected chi connectivity index (χ2v) is 6.88. The van der Waals surface area contributed by atoms with E-state index in [1.54, 1.807) is 5.51 Å². The van der Waals surface area contributed by atoms with Crippen LogP contribution in [0.15, 0.2) is 30.0 Å². The third kappa shape index (κ3) is 2.90. The lowest BCUT2D eigenvalue weighted by Gasteiger charge is -2.40. The van der Waals surface area contributed by atoms with Gasteiger partial charge in [0.05, 0.1) is 5.51 Å². The minimum Gasteiger partial charge on any atom is -0.368 e. The molecule has 1 atom stereocenters. The van der Waals surface area contributed by atoms with E-state index in [-0.39, 0.29) is 0 Å². The van der Waals surface area contributed by atoms with E-state index in [9.17, 15) is 0 Å². The summed E-state index contributed by atoms with van der Waals surface area (Å²) in [5.41, 5.74) is 9.77. The third-order valence-corrected chi connectivity index (χ3v) is 5.03. The zero-order valence-corrected chi connectivity index (χ0v) is 14.3. The predicted octanol–water partition coefficient (Wildman–Crippen LogP) is 1.77. The molecule has 2 N–H and O–H groups in total. The highest BCUT2D eigenvalue weighted by Gasteiger charge is 2.27. The van der Waals surface area contributed by atoms with E-state index in [1.807, 2.05) is 18.5 Å². The zero-order chi connectivity index (χ0) is 16.5. The van der Waals surface area contributed by atoms with E-state index in [0.29, 0.717) is 12.0 Å². The largest absolute Gasteiger partial charge is 0.368 e. The molecular formula is C16H19N7S. The molecule has 0 bridgehead atoms. The first-order valence-electron chi connectivity index (χ1n) is 7.95. The quantitative estimate of drug-likeness (QED) is 0.777. The molecule has 1 aliphatic rings. The van der Waals surface area contributed by atoms with E-state index in [4.69, 9.17) is 5.73 Å². The van der Waals surface area contributed by atoms with Gasteiger partial charge in [-0.1, -0.05) is 6.07 Å². The molecule has 4 rings (SSSR count). The van der Waals surface area contributed by atoms with Gasteiger partial charge in [0.2, 0.25) is 5.95 Å². The fourth-order valence-electron chi connectivity index (χ4n) is 3.20. The minimum absolute atomic E-state index is 0.312. The normalized spacial score (nSPS) is 19.0. The van der Waals surface area contributed by atoms with Crippen molar-refractivity contribution < 1.29 is 0 Å². The van der Waals surface area contributed by atoms with Crippen LogP contribution in [-0.2, 0) is 6.54 Å². The molecule has 4 heterocycles. The Kier molecular flexibility index (Phi) is 3.99. The second kappa shape index (κ2) is 6.29. The van der Waals surface area contributed by atoms with Gasteiger partial charge >= 0.3 is 0 Å². The lowest BCUT2D eigenvalue weighted by Crippen LogP contribution is -2.52. The number of hydrogen-bond donors (Lipinski definition) is 1. The highest BCUT2D eigenvalue weighted by Crippen LogP contribution is 2.28. The van der Waals surface area contributed by atoms with Crippen molar-refractivity contribution in [2.45, 2.75) is 19.5 Å².